The van der Waals surface area contributed by atoms with Crippen LogP contribution in [0.3, 0.4) is 0 Å². The molecule has 102 valence electrons. The van der Waals surface area contributed by atoms with Gasteiger partial charge in [-0.15, -0.1) is 6.58 Å². The summed E-state index contributed by atoms with van der Waals surface area (Å²) in [6.07, 6.45) is 3.21. The molecule has 20 heavy (non-hydrogen) atoms. The fourth-order valence-electron chi connectivity index (χ4n) is 2.09. The zero-order chi connectivity index (χ0) is 14.5. The van der Waals surface area contributed by atoms with Gasteiger partial charge >= 0.3 is 0 Å². The van der Waals surface area contributed by atoms with Crippen LogP contribution in [0.5, 0.6) is 5.75 Å². The Balaban J connectivity index is 2.69. The minimum atomic E-state index is -0.432. The van der Waals surface area contributed by atoms with Gasteiger partial charge < -0.3 is 4.74 Å². The molecule has 0 spiro atoms. The zero-order valence-electron chi connectivity index (χ0n) is 11.1. The van der Waals surface area contributed by atoms with Crippen LogP contribution in [0.4, 0.5) is 4.39 Å². The van der Waals surface area contributed by atoms with Crippen LogP contribution in [-0.4, -0.2) is 12.4 Å². The third kappa shape index (κ3) is 2.62. The van der Waals surface area contributed by atoms with Gasteiger partial charge in [-0.2, -0.15) is 0 Å². The average Bonchev–Trinajstić information content (AvgIpc) is 2.45. The maximum atomic E-state index is 14.1. The zero-order valence-corrected chi connectivity index (χ0v) is 11.1. The maximum absolute atomic E-state index is 14.1. The number of hydrogen-bond donors (Lipinski definition) is 0. The van der Waals surface area contributed by atoms with Crippen LogP contribution in [0.25, 0.3) is 10.8 Å². The summed E-state index contributed by atoms with van der Waals surface area (Å²) in [4.78, 5) is 12.3. The Kier molecular flexibility index (Phi) is 4.31. The Hall–Kier alpha value is -2.42. The van der Waals surface area contributed by atoms with E-state index < -0.39 is 5.82 Å². The minimum absolute atomic E-state index is 0.137. The first-order valence-corrected chi connectivity index (χ1v) is 6.28. The van der Waals surface area contributed by atoms with Crippen LogP contribution >= 0.6 is 0 Å². The van der Waals surface area contributed by atoms with Gasteiger partial charge in [0.25, 0.3) is 0 Å². The SMILES string of the molecule is C=CCOc1ccc2cccc(F)c2c1C(=O)CC=C. The molecule has 2 rings (SSSR count). The molecule has 0 radical (unpaired) electrons. The summed E-state index contributed by atoms with van der Waals surface area (Å²) in [5.74, 6) is -0.275. The van der Waals surface area contributed by atoms with Gasteiger partial charge in [0.1, 0.15) is 18.2 Å². The van der Waals surface area contributed by atoms with Crippen molar-refractivity contribution in [3.05, 3.63) is 67.0 Å². The molecule has 2 aromatic rings. The van der Waals surface area contributed by atoms with Gasteiger partial charge in [-0.25, -0.2) is 4.39 Å². The topological polar surface area (TPSA) is 26.3 Å². The lowest BCUT2D eigenvalue weighted by molar-refractivity contribution is 0.0994. The summed E-state index contributed by atoms with van der Waals surface area (Å²) in [6.45, 7) is 7.37. The lowest BCUT2D eigenvalue weighted by Gasteiger charge is -2.12. The van der Waals surface area contributed by atoms with Crippen molar-refractivity contribution in [1.82, 2.24) is 0 Å². The van der Waals surface area contributed by atoms with E-state index in [9.17, 15) is 9.18 Å². The molecule has 0 aliphatic carbocycles. The van der Waals surface area contributed by atoms with Crippen LogP contribution in [0.2, 0.25) is 0 Å². The first-order chi connectivity index (χ1) is 9.69. The number of carbonyl (C=O) groups is 1. The van der Waals surface area contributed by atoms with Gasteiger partial charge in [0.05, 0.1) is 5.56 Å². The van der Waals surface area contributed by atoms with Gasteiger partial charge in [0, 0.05) is 11.8 Å². The van der Waals surface area contributed by atoms with Crippen molar-refractivity contribution >= 4 is 16.6 Å². The van der Waals surface area contributed by atoms with Crippen molar-refractivity contribution in [3.8, 4) is 5.75 Å². The molecule has 2 nitrogen and oxygen atoms in total. The minimum Gasteiger partial charge on any atom is -0.489 e. The monoisotopic (exact) mass is 270 g/mol. The second kappa shape index (κ2) is 6.15. The third-order valence-corrected chi connectivity index (χ3v) is 2.92. The van der Waals surface area contributed by atoms with Gasteiger partial charge in [-0.3, -0.25) is 4.79 Å². The number of ketones is 1. The summed E-state index contributed by atoms with van der Waals surface area (Å²) in [5, 5.41) is 0.962. The van der Waals surface area contributed by atoms with Crippen molar-refractivity contribution in [2.24, 2.45) is 0 Å². The quantitative estimate of drug-likeness (QED) is 0.577. The molecular formula is C17H15FO2. The van der Waals surface area contributed by atoms with Crippen molar-refractivity contribution in [2.45, 2.75) is 6.42 Å². The number of ether oxygens (including phenoxy) is 1. The number of halogens is 1. The number of allylic oxidation sites excluding steroid dienone is 1. The van der Waals surface area contributed by atoms with Crippen molar-refractivity contribution in [3.63, 3.8) is 0 Å². The van der Waals surface area contributed by atoms with E-state index in [0.717, 1.165) is 0 Å². The lowest BCUT2D eigenvalue weighted by Crippen LogP contribution is -2.05. The third-order valence-electron chi connectivity index (χ3n) is 2.92. The molecule has 0 bridgehead atoms. The first-order valence-electron chi connectivity index (χ1n) is 6.28. The van der Waals surface area contributed by atoms with Gasteiger partial charge in [-0.05, 0) is 17.5 Å². The summed E-state index contributed by atoms with van der Waals surface area (Å²) < 4.78 is 19.6. The Labute approximate surface area is 117 Å². The summed E-state index contributed by atoms with van der Waals surface area (Å²) >= 11 is 0. The molecule has 0 saturated carbocycles. The first kappa shape index (κ1) is 14.0. The second-order valence-electron chi connectivity index (χ2n) is 4.29. The molecular weight excluding hydrogens is 255 g/mol. The highest BCUT2D eigenvalue weighted by atomic mass is 19.1. The molecule has 0 aliphatic heterocycles. The van der Waals surface area contributed by atoms with E-state index in [1.165, 1.54) is 12.1 Å². The Morgan fingerprint density at radius 2 is 2.00 bits per heavy atom. The van der Waals surface area contributed by atoms with Crippen molar-refractivity contribution in [2.75, 3.05) is 6.61 Å². The van der Waals surface area contributed by atoms with Crippen LogP contribution in [0.1, 0.15) is 16.8 Å². The molecule has 0 saturated heterocycles. The Bertz CT molecular complexity index is 674. The summed E-state index contributed by atoms with van der Waals surface area (Å²) in [6, 6.07) is 8.14. The van der Waals surface area contributed by atoms with Crippen molar-refractivity contribution in [1.29, 1.82) is 0 Å². The Morgan fingerprint density at radius 1 is 1.20 bits per heavy atom. The van der Waals surface area contributed by atoms with E-state index in [-0.39, 0.29) is 24.4 Å². The molecule has 0 heterocycles. The number of carbonyl (C=O) groups excluding carboxylic acids is 1. The number of rotatable bonds is 6. The summed E-state index contributed by atoms with van der Waals surface area (Å²) in [7, 11) is 0. The van der Waals surface area contributed by atoms with Crippen LogP contribution < -0.4 is 4.74 Å². The van der Waals surface area contributed by atoms with E-state index in [2.05, 4.69) is 13.2 Å². The highest BCUT2D eigenvalue weighted by molar-refractivity contribution is 6.11. The lowest BCUT2D eigenvalue weighted by atomic mass is 9.98. The molecule has 0 atom stereocenters. The van der Waals surface area contributed by atoms with Crippen molar-refractivity contribution < 1.29 is 13.9 Å². The van der Waals surface area contributed by atoms with Gasteiger partial charge in [-0.1, -0.05) is 36.9 Å². The Morgan fingerprint density at radius 3 is 2.70 bits per heavy atom. The molecule has 3 heteroatoms. The maximum Gasteiger partial charge on any atom is 0.171 e. The van der Waals surface area contributed by atoms with Gasteiger partial charge in [0.2, 0.25) is 0 Å². The number of fused-ring (bicyclic) bond motifs is 1. The molecule has 0 aliphatic rings. The predicted molar refractivity (Wildman–Crippen MR) is 78.7 cm³/mol. The van der Waals surface area contributed by atoms with E-state index in [0.29, 0.717) is 16.5 Å². The fraction of sp³-hybridized carbons (Fsp3) is 0.118. The number of Topliss-reactive ketones (excluding diaryl/α,β-unsaturated/α-hetero) is 1. The van der Waals surface area contributed by atoms with E-state index in [4.69, 9.17) is 4.74 Å². The highest BCUT2D eigenvalue weighted by Crippen LogP contribution is 2.31. The molecule has 0 aromatic heterocycles. The van der Waals surface area contributed by atoms with E-state index in [1.807, 2.05) is 0 Å². The fourth-order valence-corrected chi connectivity index (χ4v) is 2.09. The molecule has 2 aromatic carbocycles. The normalized spacial score (nSPS) is 10.2. The second-order valence-corrected chi connectivity index (χ2v) is 4.29. The highest BCUT2D eigenvalue weighted by Gasteiger charge is 2.18. The number of benzene rings is 2. The molecule has 0 fully saturated rings. The smallest absolute Gasteiger partial charge is 0.171 e. The average molecular weight is 270 g/mol. The van der Waals surface area contributed by atoms with Crippen LogP contribution in [0, 0.1) is 5.82 Å². The molecule has 0 N–H and O–H groups in total. The standard InChI is InChI=1S/C17H15FO2/c1-3-6-14(19)17-15(20-11-4-2)10-9-12-7-5-8-13(18)16(12)17/h3-5,7-10H,1-2,6,11H2. The summed E-state index contributed by atoms with van der Waals surface area (Å²) in [5.41, 5.74) is 0.266. The molecule has 0 unspecified atom stereocenters. The van der Waals surface area contributed by atoms with Crippen LogP contribution in [0.15, 0.2) is 55.6 Å². The predicted octanol–water partition coefficient (Wildman–Crippen LogP) is 4.30. The number of hydrogen-bond acceptors (Lipinski definition) is 2. The molecule has 0 amide bonds. The van der Waals surface area contributed by atoms with E-state index in [1.54, 1.807) is 30.3 Å². The largest absolute Gasteiger partial charge is 0.489 e. The van der Waals surface area contributed by atoms with Gasteiger partial charge in [0.15, 0.2) is 5.78 Å². The van der Waals surface area contributed by atoms with Crippen LogP contribution in [-0.2, 0) is 0 Å². The van der Waals surface area contributed by atoms with E-state index >= 15 is 0 Å².